The molecule has 2 aromatic rings. The topological polar surface area (TPSA) is 59.0 Å². The predicted molar refractivity (Wildman–Crippen MR) is 85.7 cm³/mol. The minimum Gasteiger partial charge on any atom is -0.478 e. The molecule has 0 aliphatic carbocycles. The highest BCUT2D eigenvalue weighted by Gasteiger charge is 2.17. The summed E-state index contributed by atoms with van der Waals surface area (Å²) in [7, 11) is 1.56. The van der Waals surface area contributed by atoms with E-state index in [-0.39, 0.29) is 5.56 Å². The number of rotatable bonds is 4. The van der Waals surface area contributed by atoms with Crippen LogP contribution in [0.4, 0.5) is 0 Å². The molecule has 1 aliphatic rings. The Labute approximate surface area is 133 Å². The molecule has 0 bridgehead atoms. The van der Waals surface area contributed by atoms with Crippen molar-refractivity contribution in [1.29, 1.82) is 0 Å². The molecule has 116 valence electrons. The summed E-state index contributed by atoms with van der Waals surface area (Å²) in [5, 5.41) is 10.5. The number of benzene rings is 2. The number of carboxylic acids is 1. The number of nitrogens with zero attached hydrogens (tertiary/aromatic N) is 1. The van der Waals surface area contributed by atoms with Crippen LogP contribution in [0.15, 0.2) is 67.0 Å². The van der Waals surface area contributed by atoms with E-state index in [2.05, 4.69) is 0 Å². The maximum absolute atomic E-state index is 10.9. The molecule has 0 saturated heterocycles. The Bertz CT molecular complexity index is 763. The Kier molecular flexibility index (Phi) is 4.12. The molecule has 0 radical (unpaired) electrons. The van der Waals surface area contributed by atoms with E-state index in [1.54, 1.807) is 48.8 Å². The molecule has 23 heavy (non-hydrogen) atoms. The molecule has 0 amide bonds. The lowest BCUT2D eigenvalue weighted by Crippen LogP contribution is -2.15. The standard InChI is InChI=1S/C18H15NO4/c1-22-19-11-16(13-5-3-2-4-6-13)23-17(12-19)14-7-9-15(10-8-14)18(20)21/h2-12H,1H3,(H,20,21). The van der Waals surface area contributed by atoms with E-state index >= 15 is 0 Å². The van der Waals surface area contributed by atoms with Gasteiger partial charge in [0.05, 0.1) is 25.1 Å². The monoisotopic (exact) mass is 309 g/mol. The summed E-state index contributed by atoms with van der Waals surface area (Å²) < 4.78 is 5.94. The van der Waals surface area contributed by atoms with Crippen molar-refractivity contribution in [3.8, 4) is 0 Å². The van der Waals surface area contributed by atoms with Gasteiger partial charge in [-0.2, -0.15) is 0 Å². The van der Waals surface area contributed by atoms with Crippen LogP contribution in [0.2, 0.25) is 0 Å². The van der Waals surface area contributed by atoms with Crippen molar-refractivity contribution in [3.05, 3.63) is 83.7 Å². The lowest BCUT2D eigenvalue weighted by atomic mass is 10.1. The first-order valence-corrected chi connectivity index (χ1v) is 7.00. The minimum absolute atomic E-state index is 0.229. The van der Waals surface area contributed by atoms with Crippen molar-refractivity contribution in [1.82, 2.24) is 5.06 Å². The molecule has 5 heteroatoms. The van der Waals surface area contributed by atoms with Crippen molar-refractivity contribution < 1.29 is 19.5 Å². The van der Waals surface area contributed by atoms with Crippen molar-refractivity contribution >= 4 is 17.5 Å². The van der Waals surface area contributed by atoms with Crippen LogP contribution >= 0.6 is 0 Å². The Balaban J connectivity index is 1.91. The van der Waals surface area contributed by atoms with Gasteiger partial charge in [-0.1, -0.05) is 42.5 Å². The summed E-state index contributed by atoms with van der Waals surface area (Å²) in [6, 6.07) is 16.2. The third-order valence-corrected chi connectivity index (χ3v) is 3.39. The van der Waals surface area contributed by atoms with E-state index in [4.69, 9.17) is 14.7 Å². The molecule has 0 fully saturated rings. The van der Waals surface area contributed by atoms with Gasteiger partial charge < -0.3 is 9.84 Å². The van der Waals surface area contributed by atoms with Crippen LogP contribution in [0.25, 0.3) is 11.5 Å². The fourth-order valence-corrected chi connectivity index (χ4v) is 2.19. The summed E-state index contributed by atoms with van der Waals surface area (Å²) >= 11 is 0. The first kappa shape index (κ1) is 14.9. The van der Waals surface area contributed by atoms with Crippen LogP contribution in [-0.2, 0) is 9.57 Å². The third kappa shape index (κ3) is 3.25. The first-order chi connectivity index (χ1) is 11.2. The average Bonchev–Trinajstić information content (AvgIpc) is 2.62. The molecular formula is C18H15NO4. The Morgan fingerprint density at radius 2 is 1.52 bits per heavy atom. The molecule has 0 saturated carbocycles. The van der Waals surface area contributed by atoms with Gasteiger partial charge in [0, 0.05) is 11.1 Å². The molecular weight excluding hydrogens is 294 g/mol. The van der Waals surface area contributed by atoms with Crippen molar-refractivity contribution in [2.24, 2.45) is 0 Å². The summed E-state index contributed by atoms with van der Waals surface area (Å²) in [4.78, 5) is 16.2. The van der Waals surface area contributed by atoms with Crippen molar-refractivity contribution in [2.45, 2.75) is 0 Å². The fourth-order valence-electron chi connectivity index (χ4n) is 2.19. The number of hydroxylamine groups is 2. The number of ether oxygens (including phenoxy) is 1. The maximum atomic E-state index is 10.9. The number of hydrogen-bond acceptors (Lipinski definition) is 4. The number of aromatic carboxylic acids is 1. The van der Waals surface area contributed by atoms with Gasteiger partial charge >= 0.3 is 5.97 Å². The largest absolute Gasteiger partial charge is 0.478 e. The Hall–Kier alpha value is -3.05. The van der Waals surface area contributed by atoms with Crippen LogP contribution in [0.5, 0.6) is 0 Å². The zero-order valence-corrected chi connectivity index (χ0v) is 12.5. The van der Waals surface area contributed by atoms with E-state index in [1.165, 1.54) is 0 Å². The number of hydrogen-bond donors (Lipinski definition) is 1. The predicted octanol–water partition coefficient (Wildman–Crippen LogP) is 3.58. The highest BCUT2D eigenvalue weighted by Crippen LogP contribution is 2.30. The summed E-state index contributed by atoms with van der Waals surface area (Å²) in [6.45, 7) is 0. The van der Waals surface area contributed by atoms with Gasteiger partial charge in [0.15, 0.2) is 11.5 Å². The molecule has 3 rings (SSSR count). The summed E-state index contributed by atoms with van der Waals surface area (Å²) in [5.41, 5.74) is 1.91. The lowest BCUT2D eigenvalue weighted by molar-refractivity contribution is -0.0474. The zero-order valence-electron chi connectivity index (χ0n) is 12.5. The van der Waals surface area contributed by atoms with E-state index in [0.29, 0.717) is 11.5 Å². The summed E-state index contributed by atoms with van der Waals surface area (Å²) in [5.74, 6) is 0.260. The van der Waals surface area contributed by atoms with Crippen LogP contribution in [0, 0.1) is 0 Å². The molecule has 0 spiro atoms. The van der Waals surface area contributed by atoms with Crippen LogP contribution in [0.1, 0.15) is 21.5 Å². The quantitative estimate of drug-likeness (QED) is 0.935. The third-order valence-electron chi connectivity index (χ3n) is 3.39. The SMILES string of the molecule is CON1C=C(c2ccccc2)OC(c2ccc(C(=O)O)cc2)=C1. The average molecular weight is 309 g/mol. The zero-order chi connectivity index (χ0) is 16.2. The van der Waals surface area contributed by atoms with E-state index in [1.807, 2.05) is 30.3 Å². The lowest BCUT2D eigenvalue weighted by Gasteiger charge is -2.24. The molecule has 1 N–H and O–H groups in total. The Morgan fingerprint density at radius 3 is 2.04 bits per heavy atom. The number of carboxylic acid groups (broad SMARTS) is 1. The van der Waals surface area contributed by atoms with E-state index in [9.17, 15) is 4.79 Å². The molecule has 1 heterocycles. The van der Waals surface area contributed by atoms with Crippen molar-refractivity contribution in [3.63, 3.8) is 0 Å². The van der Waals surface area contributed by atoms with Gasteiger partial charge in [0.1, 0.15) is 0 Å². The smallest absolute Gasteiger partial charge is 0.335 e. The molecule has 0 atom stereocenters. The normalized spacial score (nSPS) is 13.9. The highest BCUT2D eigenvalue weighted by atomic mass is 16.7. The molecule has 2 aromatic carbocycles. The maximum Gasteiger partial charge on any atom is 0.335 e. The molecule has 1 aliphatic heterocycles. The summed E-state index contributed by atoms with van der Waals surface area (Å²) in [6.07, 6.45) is 3.44. The van der Waals surface area contributed by atoms with Crippen molar-refractivity contribution in [2.75, 3.05) is 7.11 Å². The second kappa shape index (κ2) is 6.37. The first-order valence-electron chi connectivity index (χ1n) is 7.00. The van der Waals surface area contributed by atoms with E-state index in [0.717, 1.165) is 11.1 Å². The Morgan fingerprint density at radius 1 is 0.957 bits per heavy atom. The number of carbonyl (C=O) groups is 1. The fraction of sp³-hybridized carbons (Fsp3) is 0.0556. The van der Waals surface area contributed by atoms with Crippen LogP contribution in [-0.4, -0.2) is 23.2 Å². The van der Waals surface area contributed by atoms with Gasteiger partial charge in [-0.3, -0.25) is 4.84 Å². The van der Waals surface area contributed by atoms with Gasteiger partial charge in [0.25, 0.3) is 0 Å². The van der Waals surface area contributed by atoms with Gasteiger partial charge in [-0.25, -0.2) is 9.86 Å². The molecule has 5 nitrogen and oxygen atoms in total. The highest BCUT2D eigenvalue weighted by molar-refractivity contribution is 5.88. The second-order valence-electron chi connectivity index (χ2n) is 4.88. The molecule has 0 aromatic heterocycles. The van der Waals surface area contributed by atoms with Crippen LogP contribution in [0.3, 0.4) is 0 Å². The van der Waals surface area contributed by atoms with Crippen LogP contribution < -0.4 is 0 Å². The van der Waals surface area contributed by atoms with Gasteiger partial charge in [0.2, 0.25) is 0 Å². The minimum atomic E-state index is -0.960. The van der Waals surface area contributed by atoms with Gasteiger partial charge in [-0.05, 0) is 12.1 Å². The second-order valence-corrected chi connectivity index (χ2v) is 4.88. The molecule has 0 unspecified atom stereocenters. The van der Waals surface area contributed by atoms with Gasteiger partial charge in [-0.15, -0.1) is 0 Å². The van der Waals surface area contributed by atoms with E-state index < -0.39 is 5.97 Å².